The Balaban J connectivity index is 0.000000686. The Morgan fingerprint density at radius 1 is 1.41 bits per heavy atom. The lowest BCUT2D eigenvalue weighted by Crippen LogP contribution is -2.56. The van der Waals surface area contributed by atoms with Crippen LogP contribution in [-0.4, -0.2) is 28.9 Å². The van der Waals surface area contributed by atoms with Gasteiger partial charge in [-0.25, -0.2) is 8.78 Å². The third kappa shape index (κ3) is 3.08. The summed E-state index contributed by atoms with van der Waals surface area (Å²) in [4.78, 5) is 14.6. The van der Waals surface area contributed by atoms with Crippen LogP contribution in [0.3, 0.4) is 0 Å². The number of halogens is 2. The van der Waals surface area contributed by atoms with Gasteiger partial charge in [-0.3, -0.25) is 0 Å². The second-order valence-electron chi connectivity index (χ2n) is 3.34. The van der Waals surface area contributed by atoms with E-state index in [1.807, 2.05) is 13.8 Å². The van der Waals surface area contributed by atoms with Crippen LogP contribution in [0.1, 0.15) is 13.8 Å². The Morgan fingerprint density at radius 2 is 2.00 bits per heavy atom. The van der Waals surface area contributed by atoms with Gasteiger partial charge in [0.1, 0.15) is 0 Å². The molecule has 0 bridgehead atoms. The van der Waals surface area contributed by atoms with Gasteiger partial charge in [-0.05, 0) is 16.0 Å². The number of aromatic nitrogens is 1. The van der Waals surface area contributed by atoms with Gasteiger partial charge in [0.05, 0.1) is 18.8 Å². The third-order valence-corrected chi connectivity index (χ3v) is 2.13. The molecule has 1 saturated heterocycles. The number of anilines is 1. The molecule has 1 fully saturated rings. The fourth-order valence-electron chi connectivity index (χ4n) is 1.37. The van der Waals surface area contributed by atoms with Crippen LogP contribution >= 0.6 is 0 Å². The first-order valence-electron chi connectivity index (χ1n) is 5.21. The van der Waals surface area contributed by atoms with E-state index in [-0.39, 0.29) is 18.9 Å². The number of hydrogen-bond acceptors (Lipinski definition) is 4. The van der Waals surface area contributed by atoms with Gasteiger partial charge < -0.3 is 15.0 Å². The maximum atomic E-state index is 12.5. The predicted octanol–water partition coefficient (Wildman–Crippen LogP) is 2.47. The van der Waals surface area contributed by atoms with Crippen molar-refractivity contribution in [2.75, 3.05) is 18.0 Å². The van der Waals surface area contributed by atoms with Gasteiger partial charge in [0.25, 0.3) is 5.92 Å². The monoisotopic (exact) mass is 245 g/mol. The maximum absolute atomic E-state index is 12.5. The van der Waals surface area contributed by atoms with E-state index in [0.29, 0.717) is 5.69 Å². The minimum atomic E-state index is -2.65. The summed E-state index contributed by atoms with van der Waals surface area (Å²) in [5.74, 6) is -2.94. The Bertz CT molecular complexity index is 387. The van der Waals surface area contributed by atoms with Crippen LogP contribution in [0.4, 0.5) is 20.3 Å². The summed E-state index contributed by atoms with van der Waals surface area (Å²) >= 11 is 0. The van der Waals surface area contributed by atoms with Crippen LogP contribution in [0, 0.1) is 10.1 Å². The molecule has 0 aromatic carbocycles. The molecule has 1 aromatic rings. The van der Waals surface area contributed by atoms with Crippen molar-refractivity contribution in [3.8, 4) is 0 Å². The van der Waals surface area contributed by atoms with E-state index in [9.17, 15) is 18.9 Å². The first-order valence-corrected chi connectivity index (χ1v) is 5.21. The smallest absolute Gasteiger partial charge is 0.358 e. The van der Waals surface area contributed by atoms with E-state index in [1.165, 1.54) is 23.2 Å². The first-order chi connectivity index (χ1) is 7.98. The van der Waals surface area contributed by atoms with E-state index in [2.05, 4.69) is 4.98 Å². The topological polar surface area (TPSA) is 59.3 Å². The van der Waals surface area contributed by atoms with Crippen molar-refractivity contribution in [1.82, 2.24) is 4.98 Å². The lowest BCUT2D eigenvalue weighted by Gasteiger charge is -2.39. The number of rotatable bonds is 2. The van der Waals surface area contributed by atoms with Crippen molar-refractivity contribution in [3.63, 3.8) is 0 Å². The highest BCUT2D eigenvalue weighted by atomic mass is 19.3. The number of nitro groups is 1. The van der Waals surface area contributed by atoms with Gasteiger partial charge in [0.15, 0.2) is 6.20 Å². The summed E-state index contributed by atoms with van der Waals surface area (Å²) in [7, 11) is 0. The zero-order chi connectivity index (χ0) is 13.1. The molecule has 0 spiro atoms. The lowest BCUT2D eigenvalue weighted by atomic mass is 10.1. The zero-order valence-corrected chi connectivity index (χ0v) is 9.56. The van der Waals surface area contributed by atoms with Crippen molar-refractivity contribution in [1.29, 1.82) is 0 Å². The highest BCUT2D eigenvalue weighted by molar-refractivity contribution is 5.49. The summed E-state index contributed by atoms with van der Waals surface area (Å²) in [6.45, 7) is 3.29. The third-order valence-electron chi connectivity index (χ3n) is 2.13. The van der Waals surface area contributed by atoms with E-state index < -0.39 is 10.8 Å². The molecule has 1 aliphatic rings. The van der Waals surface area contributed by atoms with E-state index >= 15 is 0 Å². The molecule has 2 heterocycles. The molecule has 7 heteroatoms. The van der Waals surface area contributed by atoms with Gasteiger partial charge in [-0.15, -0.1) is 0 Å². The zero-order valence-electron chi connectivity index (χ0n) is 9.56. The number of nitrogens with zero attached hydrogens (tertiary/aromatic N) is 3. The van der Waals surface area contributed by atoms with E-state index in [4.69, 9.17) is 0 Å². The second kappa shape index (κ2) is 5.03. The van der Waals surface area contributed by atoms with Crippen molar-refractivity contribution in [2.45, 2.75) is 19.8 Å². The van der Waals surface area contributed by atoms with Gasteiger partial charge in [-0.2, -0.15) is 0 Å². The van der Waals surface area contributed by atoms with Crippen LogP contribution in [0.5, 0.6) is 0 Å². The molecule has 2 rings (SSSR count). The molecule has 17 heavy (non-hydrogen) atoms. The van der Waals surface area contributed by atoms with Crippen molar-refractivity contribution < 1.29 is 13.7 Å². The fourth-order valence-corrected chi connectivity index (χ4v) is 1.37. The van der Waals surface area contributed by atoms with Crippen molar-refractivity contribution in [2.24, 2.45) is 0 Å². The van der Waals surface area contributed by atoms with E-state index in [0.717, 1.165) is 0 Å². The minimum absolute atomic E-state index is 0.286. The molecule has 0 radical (unpaired) electrons. The van der Waals surface area contributed by atoms with Gasteiger partial charge in [0, 0.05) is 6.07 Å². The normalized spacial score (nSPS) is 16.6. The Labute approximate surface area is 97.2 Å². The summed E-state index contributed by atoms with van der Waals surface area (Å²) in [5.41, 5.74) is 0.478. The molecular weight excluding hydrogens is 232 g/mol. The van der Waals surface area contributed by atoms with Crippen LogP contribution in [0.15, 0.2) is 18.3 Å². The van der Waals surface area contributed by atoms with Gasteiger partial charge >= 0.3 is 5.82 Å². The van der Waals surface area contributed by atoms with Gasteiger partial charge in [-0.1, -0.05) is 13.8 Å². The number of hydrogen-bond donors (Lipinski definition) is 0. The van der Waals surface area contributed by atoms with E-state index in [1.54, 1.807) is 0 Å². The SMILES string of the molecule is CC.O=[N+]([O-])c1ccc(N2CC(F)(F)C2)cn1. The number of alkyl halides is 2. The molecule has 0 amide bonds. The standard InChI is InChI=1S/C8H7F2N3O2.C2H6/c9-8(10)4-12(5-8)6-1-2-7(11-3-6)13(14)15;1-2/h1-3H,4-5H2;1-2H3. The Morgan fingerprint density at radius 3 is 2.35 bits per heavy atom. The van der Waals surface area contributed by atoms with Crippen LogP contribution in [0.2, 0.25) is 0 Å². The van der Waals surface area contributed by atoms with Crippen LogP contribution in [-0.2, 0) is 0 Å². The summed E-state index contributed by atoms with van der Waals surface area (Å²) in [5, 5.41) is 10.3. The predicted molar refractivity (Wildman–Crippen MR) is 59.4 cm³/mol. The number of pyridine rings is 1. The fraction of sp³-hybridized carbons (Fsp3) is 0.500. The molecule has 0 unspecified atom stereocenters. The summed E-state index contributed by atoms with van der Waals surface area (Å²) in [6.07, 6.45) is 1.23. The highest BCUT2D eigenvalue weighted by Crippen LogP contribution is 2.31. The molecule has 94 valence electrons. The summed E-state index contributed by atoms with van der Waals surface area (Å²) < 4.78 is 25.0. The molecule has 0 saturated carbocycles. The molecular formula is C10H13F2N3O2. The lowest BCUT2D eigenvalue weighted by molar-refractivity contribution is -0.389. The van der Waals surface area contributed by atoms with Gasteiger partial charge in [0.2, 0.25) is 0 Å². The van der Waals surface area contributed by atoms with Crippen molar-refractivity contribution >= 4 is 11.5 Å². The molecule has 1 aromatic heterocycles. The van der Waals surface area contributed by atoms with Crippen molar-refractivity contribution in [3.05, 3.63) is 28.4 Å². The molecule has 0 aliphatic carbocycles. The Kier molecular flexibility index (Phi) is 3.93. The maximum Gasteiger partial charge on any atom is 0.363 e. The molecule has 5 nitrogen and oxygen atoms in total. The average molecular weight is 245 g/mol. The second-order valence-corrected chi connectivity index (χ2v) is 3.34. The average Bonchev–Trinajstić information content (AvgIpc) is 2.28. The Hall–Kier alpha value is -1.79. The first kappa shape index (κ1) is 13.3. The molecule has 0 N–H and O–H groups in total. The molecule has 1 aliphatic heterocycles. The quantitative estimate of drug-likeness (QED) is 0.593. The minimum Gasteiger partial charge on any atom is -0.358 e. The molecule has 0 atom stereocenters. The highest BCUT2D eigenvalue weighted by Gasteiger charge is 2.44. The van der Waals surface area contributed by atoms with Crippen LogP contribution < -0.4 is 4.90 Å². The largest absolute Gasteiger partial charge is 0.363 e. The summed E-state index contributed by atoms with van der Waals surface area (Å²) in [6, 6.07) is 2.62. The van der Waals surface area contributed by atoms with Crippen LogP contribution in [0.25, 0.3) is 0 Å².